The zero-order valence-electron chi connectivity index (χ0n) is 27.3. The summed E-state index contributed by atoms with van der Waals surface area (Å²) in [4.78, 5) is 29.5. The Kier molecular flexibility index (Phi) is 11.9. The van der Waals surface area contributed by atoms with E-state index in [9.17, 15) is 18.0 Å². The first-order chi connectivity index (χ1) is 22.1. The first-order valence-electron chi connectivity index (χ1n) is 15.7. The first-order valence-corrected chi connectivity index (χ1v) is 17.2. The van der Waals surface area contributed by atoms with E-state index in [1.807, 2.05) is 45.0 Å². The van der Waals surface area contributed by atoms with Gasteiger partial charge in [-0.2, -0.15) is 0 Å². The Bertz CT molecular complexity index is 1590. The van der Waals surface area contributed by atoms with Crippen LogP contribution in [-0.4, -0.2) is 64.6 Å². The average molecular weight is 652 g/mol. The Labute approximate surface area is 272 Å². The fourth-order valence-corrected chi connectivity index (χ4v) is 7.20. The number of sulfonamides is 1. The second-order valence-electron chi connectivity index (χ2n) is 11.3. The summed E-state index contributed by atoms with van der Waals surface area (Å²) in [5.41, 5.74) is 2.11. The van der Waals surface area contributed by atoms with Gasteiger partial charge in [0.15, 0.2) is 11.5 Å². The summed E-state index contributed by atoms with van der Waals surface area (Å²) < 4.78 is 46.0. The second-order valence-corrected chi connectivity index (χ2v) is 13.2. The normalized spacial score (nSPS) is 13.9. The van der Waals surface area contributed by atoms with Crippen LogP contribution in [0.5, 0.6) is 17.2 Å². The highest BCUT2D eigenvalue weighted by molar-refractivity contribution is 7.92. The molecule has 0 saturated heterocycles. The van der Waals surface area contributed by atoms with Crippen LogP contribution in [0.4, 0.5) is 5.69 Å². The van der Waals surface area contributed by atoms with Crippen LogP contribution in [0.25, 0.3) is 0 Å². The third-order valence-electron chi connectivity index (χ3n) is 8.35. The standard InChI is InChI=1S/C35H45N3O7S/c1-6-31(35(40)36-27-14-10-11-15-27)37(23-26-13-9-8-12-25(26)3)34(39)24-38(28-16-18-29(19-17-28)45-7-2)46(41,42)30-20-21-32(43-4)33(22-30)44-5/h8-9,12-13,16-22,27,31H,6-7,10-11,14-15,23-24H2,1-5H3,(H,36,40)/t31-/m0/s1. The Morgan fingerprint density at radius 1 is 0.935 bits per heavy atom. The molecule has 3 aromatic carbocycles. The van der Waals surface area contributed by atoms with Crippen molar-refractivity contribution < 1.29 is 32.2 Å². The summed E-state index contributed by atoms with van der Waals surface area (Å²) in [6.07, 6.45) is 4.28. The lowest BCUT2D eigenvalue weighted by Gasteiger charge is -2.34. The zero-order valence-corrected chi connectivity index (χ0v) is 28.1. The van der Waals surface area contributed by atoms with Gasteiger partial charge in [-0.25, -0.2) is 8.42 Å². The van der Waals surface area contributed by atoms with Crippen LogP contribution in [0.3, 0.4) is 0 Å². The molecule has 1 N–H and O–H groups in total. The molecule has 3 aromatic rings. The predicted octanol–water partition coefficient (Wildman–Crippen LogP) is 5.47. The summed E-state index contributed by atoms with van der Waals surface area (Å²) >= 11 is 0. The number of rotatable bonds is 15. The highest BCUT2D eigenvalue weighted by Crippen LogP contribution is 2.33. The number of anilines is 1. The van der Waals surface area contributed by atoms with E-state index in [4.69, 9.17) is 14.2 Å². The van der Waals surface area contributed by atoms with Crippen molar-refractivity contribution in [3.8, 4) is 17.2 Å². The van der Waals surface area contributed by atoms with E-state index >= 15 is 0 Å². The number of carbonyl (C=O) groups is 2. The van der Waals surface area contributed by atoms with Crippen LogP contribution < -0.4 is 23.8 Å². The summed E-state index contributed by atoms with van der Waals surface area (Å²) in [5.74, 6) is 0.434. The van der Waals surface area contributed by atoms with Gasteiger partial charge in [-0.3, -0.25) is 13.9 Å². The average Bonchev–Trinajstić information content (AvgIpc) is 3.57. The Morgan fingerprint density at radius 3 is 2.22 bits per heavy atom. The van der Waals surface area contributed by atoms with Crippen LogP contribution in [0.15, 0.2) is 71.6 Å². The van der Waals surface area contributed by atoms with Crippen LogP contribution in [0.2, 0.25) is 0 Å². The lowest BCUT2D eigenvalue weighted by Crippen LogP contribution is -2.53. The van der Waals surface area contributed by atoms with Gasteiger partial charge in [-0.1, -0.05) is 44.0 Å². The Balaban J connectivity index is 1.76. The topological polar surface area (TPSA) is 114 Å². The van der Waals surface area contributed by atoms with Crippen LogP contribution in [-0.2, 0) is 26.2 Å². The highest BCUT2D eigenvalue weighted by Gasteiger charge is 2.35. The lowest BCUT2D eigenvalue weighted by molar-refractivity contribution is -0.140. The molecule has 10 nitrogen and oxygen atoms in total. The minimum Gasteiger partial charge on any atom is -0.494 e. The van der Waals surface area contributed by atoms with Crippen molar-refractivity contribution in [1.82, 2.24) is 10.2 Å². The van der Waals surface area contributed by atoms with Gasteiger partial charge in [0.05, 0.1) is 31.4 Å². The lowest BCUT2D eigenvalue weighted by atomic mass is 10.1. The Morgan fingerprint density at radius 2 is 1.61 bits per heavy atom. The number of nitrogens with one attached hydrogen (secondary N) is 1. The molecule has 0 radical (unpaired) electrons. The summed E-state index contributed by atoms with van der Waals surface area (Å²) in [6.45, 7) is 5.73. The molecular formula is C35H45N3O7S. The molecule has 0 aromatic heterocycles. The molecule has 1 fully saturated rings. The molecule has 4 rings (SSSR count). The number of nitrogens with zero attached hydrogens (tertiary/aromatic N) is 2. The molecule has 248 valence electrons. The number of hydrogen-bond acceptors (Lipinski definition) is 7. The van der Waals surface area contributed by atoms with Gasteiger partial charge < -0.3 is 24.4 Å². The fraction of sp³-hybridized carbons (Fsp3) is 0.429. The molecule has 0 aliphatic heterocycles. The van der Waals surface area contributed by atoms with Gasteiger partial charge in [0.1, 0.15) is 18.3 Å². The predicted molar refractivity (Wildman–Crippen MR) is 178 cm³/mol. The van der Waals surface area contributed by atoms with Crippen molar-refractivity contribution in [3.63, 3.8) is 0 Å². The monoisotopic (exact) mass is 651 g/mol. The summed E-state index contributed by atoms with van der Waals surface area (Å²) in [6, 6.07) is 17.8. The quantitative estimate of drug-likeness (QED) is 0.232. The van der Waals surface area contributed by atoms with Gasteiger partial charge in [0.2, 0.25) is 11.8 Å². The van der Waals surface area contributed by atoms with Crippen LogP contribution in [0.1, 0.15) is 57.1 Å². The molecule has 1 saturated carbocycles. The SMILES string of the molecule is CCOc1ccc(N(CC(=O)N(Cc2ccccc2C)[C@@H](CC)C(=O)NC2CCCC2)S(=O)(=O)c2ccc(OC)c(OC)c2)cc1. The molecule has 2 amide bonds. The van der Waals surface area contributed by atoms with Crippen molar-refractivity contribution in [3.05, 3.63) is 77.9 Å². The highest BCUT2D eigenvalue weighted by atomic mass is 32.2. The number of aryl methyl sites for hydroxylation is 1. The van der Waals surface area contributed by atoms with Gasteiger partial charge in [-0.05, 0) is 80.6 Å². The number of amides is 2. The molecular weight excluding hydrogens is 606 g/mol. The van der Waals surface area contributed by atoms with Crippen molar-refractivity contribution in [2.24, 2.45) is 0 Å². The van der Waals surface area contributed by atoms with Crippen LogP contribution >= 0.6 is 0 Å². The van der Waals surface area contributed by atoms with Gasteiger partial charge in [-0.15, -0.1) is 0 Å². The molecule has 1 atom stereocenters. The largest absolute Gasteiger partial charge is 0.494 e. The van der Waals surface area contributed by atoms with Gasteiger partial charge >= 0.3 is 0 Å². The molecule has 1 aliphatic rings. The van der Waals surface area contributed by atoms with E-state index in [-0.39, 0.29) is 34.8 Å². The van der Waals surface area contributed by atoms with E-state index in [0.717, 1.165) is 41.1 Å². The van der Waals surface area contributed by atoms with E-state index in [1.54, 1.807) is 24.3 Å². The van der Waals surface area contributed by atoms with Gasteiger partial charge in [0.25, 0.3) is 10.0 Å². The van der Waals surface area contributed by atoms with Crippen LogP contribution in [0, 0.1) is 6.92 Å². The smallest absolute Gasteiger partial charge is 0.264 e. The summed E-state index contributed by atoms with van der Waals surface area (Å²) in [5, 5.41) is 3.14. The number of benzene rings is 3. The number of hydrogen-bond donors (Lipinski definition) is 1. The molecule has 46 heavy (non-hydrogen) atoms. The minimum absolute atomic E-state index is 0.0720. The van der Waals surface area contributed by atoms with E-state index in [1.165, 1.54) is 37.3 Å². The van der Waals surface area contributed by atoms with Gasteiger partial charge in [0, 0.05) is 18.7 Å². The third kappa shape index (κ3) is 8.12. The third-order valence-corrected chi connectivity index (χ3v) is 10.1. The maximum absolute atomic E-state index is 14.4. The molecule has 11 heteroatoms. The number of methoxy groups -OCH3 is 2. The zero-order chi connectivity index (χ0) is 33.3. The number of carbonyl (C=O) groups excluding carboxylic acids is 2. The number of ether oxygens (including phenoxy) is 3. The van der Waals surface area contributed by atoms with Crippen molar-refractivity contribution in [2.45, 2.75) is 76.4 Å². The maximum Gasteiger partial charge on any atom is 0.264 e. The van der Waals surface area contributed by atoms with E-state index < -0.39 is 28.5 Å². The molecule has 0 spiro atoms. The first kappa shape index (κ1) is 34.6. The molecule has 0 unspecified atom stereocenters. The van der Waals surface area contributed by atoms with E-state index in [0.29, 0.717) is 24.5 Å². The Hall–Kier alpha value is -4.25. The minimum atomic E-state index is -4.31. The summed E-state index contributed by atoms with van der Waals surface area (Å²) in [7, 11) is -1.42. The molecule has 0 heterocycles. The van der Waals surface area contributed by atoms with Crippen molar-refractivity contribution in [2.75, 3.05) is 31.7 Å². The van der Waals surface area contributed by atoms with Crippen molar-refractivity contribution >= 4 is 27.5 Å². The van der Waals surface area contributed by atoms with E-state index in [2.05, 4.69) is 5.32 Å². The van der Waals surface area contributed by atoms with Crippen molar-refractivity contribution in [1.29, 1.82) is 0 Å². The fourth-order valence-electron chi connectivity index (χ4n) is 5.77. The molecule has 0 bridgehead atoms. The molecule has 1 aliphatic carbocycles. The maximum atomic E-state index is 14.4. The second kappa shape index (κ2) is 15.8.